The van der Waals surface area contributed by atoms with Gasteiger partial charge < -0.3 is 5.11 Å². The number of aliphatic carboxylic acids is 1. The average Bonchev–Trinajstić information content (AvgIpc) is 2.53. The molecule has 1 N–H and O–H groups in total. The van der Waals surface area contributed by atoms with Gasteiger partial charge in [-0.1, -0.05) is 12.1 Å². The molecule has 0 radical (unpaired) electrons. The smallest absolute Gasteiger partial charge is 0.311 e. The minimum absolute atomic E-state index is 0.232. The van der Waals surface area contributed by atoms with E-state index >= 15 is 0 Å². The SMILES string of the molecule is CC(=O)n1c(CC(=O)O)nc2ccccc21. The lowest BCUT2D eigenvalue weighted by atomic mass is 10.3. The third-order valence-electron chi connectivity index (χ3n) is 2.25. The molecule has 0 aliphatic heterocycles. The molecule has 2 aromatic rings. The van der Waals surface area contributed by atoms with Crippen LogP contribution in [0.2, 0.25) is 0 Å². The van der Waals surface area contributed by atoms with Crippen molar-refractivity contribution in [2.45, 2.75) is 13.3 Å². The van der Waals surface area contributed by atoms with Gasteiger partial charge >= 0.3 is 5.97 Å². The number of hydrogen-bond acceptors (Lipinski definition) is 3. The van der Waals surface area contributed by atoms with E-state index in [1.54, 1.807) is 24.3 Å². The van der Waals surface area contributed by atoms with Gasteiger partial charge in [0, 0.05) is 6.92 Å². The second-order valence-corrected chi connectivity index (χ2v) is 3.44. The summed E-state index contributed by atoms with van der Waals surface area (Å²) >= 11 is 0. The lowest BCUT2D eigenvalue weighted by Crippen LogP contribution is -2.13. The second kappa shape index (κ2) is 3.77. The van der Waals surface area contributed by atoms with Gasteiger partial charge in [-0.3, -0.25) is 14.2 Å². The van der Waals surface area contributed by atoms with Gasteiger partial charge in [-0.05, 0) is 12.1 Å². The summed E-state index contributed by atoms with van der Waals surface area (Å²) in [7, 11) is 0. The molecule has 0 atom stereocenters. The Kier molecular flexibility index (Phi) is 2.44. The van der Waals surface area contributed by atoms with Crippen molar-refractivity contribution in [1.82, 2.24) is 9.55 Å². The molecule has 0 fully saturated rings. The van der Waals surface area contributed by atoms with Crippen LogP contribution < -0.4 is 0 Å². The summed E-state index contributed by atoms with van der Waals surface area (Å²) in [6.45, 7) is 1.39. The first-order chi connectivity index (χ1) is 7.59. The van der Waals surface area contributed by atoms with Crippen molar-refractivity contribution < 1.29 is 14.7 Å². The maximum absolute atomic E-state index is 11.5. The van der Waals surface area contributed by atoms with Gasteiger partial charge in [-0.25, -0.2) is 4.98 Å². The van der Waals surface area contributed by atoms with Gasteiger partial charge in [0.15, 0.2) is 0 Å². The maximum Gasteiger partial charge on any atom is 0.311 e. The molecule has 1 aromatic heterocycles. The fraction of sp³-hybridized carbons (Fsp3) is 0.182. The van der Waals surface area contributed by atoms with Crippen LogP contribution in [0.1, 0.15) is 17.5 Å². The van der Waals surface area contributed by atoms with Crippen molar-refractivity contribution in [3.8, 4) is 0 Å². The van der Waals surface area contributed by atoms with Crippen LogP contribution >= 0.6 is 0 Å². The first-order valence-electron chi connectivity index (χ1n) is 4.78. The Bertz CT molecular complexity index is 572. The summed E-state index contributed by atoms with van der Waals surface area (Å²) in [5.41, 5.74) is 1.28. The van der Waals surface area contributed by atoms with Crippen LogP contribution in [0.15, 0.2) is 24.3 Å². The van der Waals surface area contributed by atoms with E-state index in [0.717, 1.165) is 0 Å². The van der Waals surface area contributed by atoms with Gasteiger partial charge in [-0.2, -0.15) is 0 Å². The Labute approximate surface area is 91.3 Å². The normalized spacial score (nSPS) is 10.6. The van der Waals surface area contributed by atoms with Crippen LogP contribution in [0.25, 0.3) is 11.0 Å². The fourth-order valence-corrected chi connectivity index (χ4v) is 1.68. The predicted octanol–water partition coefficient (Wildman–Crippen LogP) is 1.32. The van der Waals surface area contributed by atoms with E-state index in [9.17, 15) is 9.59 Å². The molecule has 0 spiro atoms. The zero-order chi connectivity index (χ0) is 11.7. The van der Waals surface area contributed by atoms with Crippen LogP contribution in [0.3, 0.4) is 0 Å². The Balaban J connectivity index is 2.68. The molecular formula is C11H10N2O3. The van der Waals surface area contributed by atoms with Gasteiger partial charge in [0.1, 0.15) is 12.2 Å². The molecule has 0 saturated carbocycles. The topological polar surface area (TPSA) is 72.2 Å². The highest BCUT2D eigenvalue weighted by atomic mass is 16.4. The molecule has 0 aliphatic carbocycles. The van der Waals surface area contributed by atoms with Gasteiger partial charge in [-0.15, -0.1) is 0 Å². The predicted molar refractivity (Wildman–Crippen MR) is 57.4 cm³/mol. The largest absolute Gasteiger partial charge is 0.481 e. The number of carbonyl (C=O) groups is 2. The molecule has 16 heavy (non-hydrogen) atoms. The van der Waals surface area contributed by atoms with Crippen molar-refractivity contribution in [3.05, 3.63) is 30.1 Å². The average molecular weight is 218 g/mol. The van der Waals surface area contributed by atoms with Crippen molar-refractivity contribution in [2.75, 3.05) is 0 Å². The Morgan fingerprint density at radius 2 is 2.06 bits per heavy atom. The minimum Gasteiger partial charge on any atom is -0.481 e. The van der Waals surface area contributed by atoms with E-state index in [1.165, 1.54) is 11.5 Å². The minimum atomic E-state index is -1.00. The third-order valence-corrected chi connectivity index (χ3v) is 2.25. The molecular weight excluding hydrogens is 208 g/mol. The lowest BCUT2D eigenvalue weighted by Gasteiger charge is -2.01. The molecule has 0 aliphatic rings. The van der Waals surface area contributed by atoms with Crippen molar-refractivity contribution in [3.63, 3.8) is 0 Å². The van der Waals surface area contributed by atoms with E-state index in [-0.39, 0.29) is 18.2 Å². The Morgan fingerprint density at radius 3 is 2.69 bits per heavy atom. The van der Waals surface area contributed by atoms with Crippen LogP contribution in [-0.4, -0.2) is 26.5 Å². The standard InChI is InChI=1S/C11H10N2O3/c1-7(14)13-9-5-3-2-4-8(9)12-10(13)6-11(15)16/h2-5H,6H2,1H3,(H,15,16). The maximum atomic E-state index is 11.5. The van der Waals surface area contributed by atoms with E-state index < -0.39 is 5.97 Å². The number of aromatic nitrogens is 2. The number of para-hydroxylation sites is 2. The van der Waals surface area contributed by atoms with Crippen molar-refractivity contribution in [2.24, 2.45) is 0 Å². The third kappa shape index (κ3) is 1.67. The Hall–Kier alpha value is -2.17. The number of carbonyl (C=O) groups excluding carboxylic acids is 1. The quantitative estimate of drug-likeness (QED) is 0.825. The van der Waals surface area contributed by atoms with Crippen molar-refractivity contribution >= 4 is 22.9 Å². The number of rotatable bonds is 2. The van der Waals surface area contributed by atoms with E-state index in [1.807, 2.05) is 0 Å². The molecule has 0 amide bonds. The first kappa shape index (κ1) is 10.4. The van der Waals surface area contributed by atoms with E-state index in [2.05, 4.69) is 4.98 Å². The van der Waals surface area contributed by atoms with Gasteiger partial charge in [0.05, 0.1) is 11.0 Å². The summed E-state index contributed by atoms with van der Waals surface area (Å²) in [4.78, 5) is 26.2. The molecule has 5 heteroatoms. The number of hydrogen-bond donors (Lipinski definition) is 1. The van der Waals surface area contributed by atoms with Crippen LogP contribution in [0.4, 0.5) is 0 Å². The summed E-state index contributed by atoms with van der Waals surface area (Å²) in [5.74, 6) is -0.969. The fourth-order valence-electron chi connectivity index (χ4n) is 1.68. The molecule has 2 rings (SSSR count). The summed E-state index contributed by atoms with van der Waals surface area (Å²) in [6, 6.07) is 7.08. The number of benzene rings is 1. The van der Waals surface area contributed by atoms with E-state index in [0.29, 0.717) is 11.0 Å². The summed E-state index contributed by atoms with van der Waals surface area (Å²) in [5, 5.41) is 8.73. The lowest BCUT2D eigenvalue weighted by molar-refractivity contribution is -0.136. The monoisotopic (exact) mass is 218 g/mol. The highest BCUT2D eigenvalue weighted by Crippen LogP contribution is 2.16. The number of carboxylic acids is 1. The Morgan fingerprint density at radius 1 is 1.38 bits per heavy atom. The molecule has 1 heterocycles. The van der Waals surface area contributed by atoms with Gasteiger partial charge in [0.2, 0.25) is 5.91 Å². The van der Waals surface area contributed by atoms with Crippen LogP contribution in [0.5, 0.6) is 0 Å². The second-order valence-electron chi connectivity index (χ2n) is 3.44. The van der Waals surface area contributed by atoms with Gasteiger partial charge in [0.25, 0.3) is 0 Å². The molecule has 0 unspecified atom stereocenters. The zero-order valence-corrected chi connectivity index (χ0v) is 8.67. The van der Waals surface area contributed by atoms with Crippen LogP contribution in [0, 0.1) is 0 Å². The number of carboxylic acid groups (broad SMARTS) is 1. The first-order valence-corrected chi connectivity index (χ1v) is 4.78. The highest BCUT2D eigenvalue weighted by Gasteiger charge is 2.15. The molecule has 1 aromatic carbocycles. The van der Waals surface area contributed by atoms with E-state index in [4.69, 9.17) is 5.11 Å². The summed E-state index contributed by atoms with van der Waals surface area (Å²) in [6.07, 6.45) is -0.256. The van der Waals surface area contributed by atoms with Crippen molar-refractivity contribution in [1.29, 1.82) is 0 Å². The van der Waals surface area contributed by atoms with Crippen LogP contribution in [-0.2, 0) is 11.2 Å². The molecule has 5 nitrogen and oxygen atoms in total. The number of nitrogens with zero attached hydrogens (tertiary/aromatic N) is 2. The zero-order valence-electron chi connectivity index (χ0n) is 8.67. The molecule has 0 bridgehead atoms. The number of fused-ring (bicyclic) bond motifs is 1. The molecule has 82 valence electrons. The summed E-state index contributed by atoms with van der Waals surface area (Å²) < 4.78 is 1.34. The molecule has 0 saturated heterocycles. The highest BCUT2D eigenvalue weighted by molar-refractivity contribution is 5.90. The number of imidazole rings is 1.